The van der Waals surface area contributed by atoms with Crippen molar-refractivity contribution in [3.8, 4) is 0 Å². The average Bonchev–Trinajstić information content (AvgIpc) is 3.03. The minimum absolute atomic E-state index is 0.235. The van der Waals surface area contributed by atoms with Crippen molar-refractivity contribution in [1.82, 2.24) is 15.1 Å². The second-order valence-corrected chi connectivity index (χ2v) is 7.45. The average molecular weight is 348 g/mol. The van der Waals surface area contributed by atoms with Crippen molar-refractivity contribution < 1.29 is 18.8 Å². The Kier molecular flexibility index (Phi) is 5.84. The Morgan fingerprint density at radius 1 is 1.45 bits per heavy atom. The van der Waals surface area contributed by atoms with Gasteiger partial charge < -0.3 is 14.7 Å². The number of carbonyl (C=O) groups excluding carboxylic acids is 1. The van der Waals surface area contributed by atoms with Crippen LogP contribution >= 0.6 is 11.3 Å². The molecule has 8 nitrogen and oxygen atoms in total. The van der Waals surface area contributed by atoms with Gasteiger partial charge in [0.15, 0.2) is 6.23 Å². The summed E-state index contributed by atoms with van der Waals surface area (Å²) in [7, 11) is 0.259. The van der Waals surface area contributed by atoms with E-state index in [4.69, 9.17) is 4.74 Å². The zero-order chi connectivity index (χ0) is 16.3. The van der Waals surface area contributed by atoms with E-state index >= 15 is 0 Å². The van der Waals surface area contributed by atoms with Crippen LogP contribution in [0.25, 0.3) is 0 Å². The summed E-state index contributed by atoms with van der Waals surface area (Å²) in [6.07, 6.45) is 2.22. The molecule has 2 amide bonds. The van der Waals surface area contributed by atoms with E-state index in [2.05, 4.69) is 10.2 Å². The molecule has 0 aromatic carbocycles. The molecule has 3 atom stereocenters. The van der Waals surface area contributed by atoms with E-state index in [1.807, 2.05) is 6.92 Å². The van der Waals surface area contributed by atoms with Crippen LogP contribution in [-0.2, 0) is 15.5 Å². The number of urea groups is 1. The van der Waals surface area contributed by atoms with E-state index in [1.54, 1.807) is 4.90 Å². The van der Waals surface area contributed by atoms with Crippen LogP contribution in [0.5, 0.6) is 0 Å². The predicted molar refractivity (Wildman–Crippen MR) is 83.4 cm³/mol. The number of hydrogen-bond acceptors (Lipinski definition) is 7. The van der Waals surface area contributed by atoms with Crippen molar-refractivity contribution in [1.29, 1.82) is 0 Å². The first-order valence-electron chi connectivity index (χ1n) is 6.95. The van der Waals surface area contributed by atoms with E-state index in [9.17, 15) is 14.1 Å². The number of aliphatic hydroxyl groups is 1. The zero-order valence-corrected chi connectivity index (χ0v) is 14.4. The molecular formula is C12H20N4O4S2. The zero-order valence-electron chi connectivity index (χ0n) is 12.8. The fraction of sp³-hybridized carbons (Fsp3) is 0.750. The monoisotopic (exact) mass is 348 g/mol. The van der Waals surface area contributed by atoms with Gasteiger partial charge in [0.05, 0.1) is 17.4 Å². The molecule has 1 N–H and O–H groups in total. The lowest BCUT2D eigenvalue weighted by Gasteiger charge is -2.23. The minimum atomic E-state index is -1.27. The second-order valence-electron chi connectivity index (χ2n) is 4.94. The van der Waals surface area contributed by atoms with Crippen molar-refractivity contribution >= 4 is 33.3 Å². The fourth-order valence-electron chi connectivity index (χ4n) is 2.27. The summed E-state index contributed by atoms with van der Waals surface area (Å²) in [4.78, 5) is 15.4. The highest BCUT2D eigenvalue weighted by Gasteiger charge is 2.46. The van der Waals surface area contributed by atoms with Crippen LogP contribution in [0, 0.1) is 0 Å². The summed E-state index contributed by atoms with van der Waals surface area (Å²) in [5, 5.41) is 18.4. The van der Waals surface area contributed by atoms with Gasteiger partial charge in [-0.05, 0) is 6.42 Å². The van der Waals surface area contributed by atoms with Gasteiger partial charge in [-0.15, -0.1) is 10.2 Å². The first-order chi connectivity index (χ1) is 10.5. The first kappa shape index (κ1) is 17.3. The molecule has 1 aromatic heterocycles. The van der Waals surface area contributed by atoms with Gasteiger partial charge in [0.1, 0.15) is 6.04 Å². The molecule has 0 aliphatic carbocycles. The third-order valence-electron chi connectivity index (χ3n) is 3.40. The molecule has 1 aliphatic heterocycles. The maximum Gasteiger partial charge on any atom is 0.329 e. The smallest absolute Gasteiger partial charge is 0.329 e. The largest absolute Gasteiger partial charge is 0.382 e. The van der Waals surface area contributed by atoms with Gasteiger partial charge in [-0.3, -0.25) is 4.21 Å². The van der Waals surface area contributed by atoms with Crippen LogP contribution in [0.4, 0.5) is 9.93 Å². The van der Waals surface area contributed by atoms with E-state index in [1.165, 1.54) is 18.3 Å². The Morgan fingerprint density at radius 3 is 2.73 bits per heavy atom. The number of rotatable bonds is 7. The van der Waals surface area contributed by atoms with E-state index in [0.29, 0.717) is 10.9 Å². The van der Waals surface area contributed by atoms with Crippen molar-refractivity contribution in [2.45, 2.75) is 36.4 Å². The minimum Gasteiger partial charge on any atom is -0.382 e. The number of aliphatic hydroxyl groups excluding tert-OH is 1. The quantitative estimate of drug-likeness (QED) is 0.727. The number of amides is 2. The Hall–Kier alpha value is -1.10. The number of anilines is 1. The normalized spacial score (nSPS) is 23.4. The summed E-state index contributed by atoms with van der Waals surface area (Å²) in [6, 6.07) is -0.781. The molecule has 3 unspecified atom stereocenters. The van der Waals surface area contributed by atoms with Gasteiger partial charge in [-0.1, -0.05) is 24.7 Å². The number of hydrogen-bond donors (Lipinski definition) is 1. The molecule has 1 saturated heterocycles. The molecule has 22 heavy (non-hydrogen) atoms. The van der Waals surface area contributed by atoms with Crippen LogP contribution in [0.1, 0.15) is 19.8 Å². The lowest BCUT2D eigenvalue weighted by molar-refractivity contribution is 0.0550. The molecule has 124 valence electrons. The fourth-order valence-corrected chi connectivity index (χ4v) is 3.73. The Balaban J connectivity index is 2.26. The Morgan fingerprint density at radius 2 is 2.18 bits per heavy atom. The van der Waals surface area contributed by atoms with Crippen molar-refractivity contribution in [2.24, 2.45) is 0 Å². The number of ether oxygens (including phenoxy) is 1. The molecule has 1 aromatic rings. The van der Waals surface area contributed by atoms with E-state index in [0.717, 1.165) is 24.2 Å². The molecule has 0 radical (unpaired) electrons. The maximum absolute atomic E-state index is 12.6. The highest BCUT2D eigenvalue weighted by atomic mass is 32.2. The molecule has 0 bridgehead atoms. The molecule has 1 aliphatic rings. The number of unbranched alkanes of at least 4 members (excludes halogenated alkanes) is 1. The highest BCUT2D eigenvalue weighted by Crippen LogP contribution is 2.31. The number of methoxy groups -OCH3 is 1. The van der Waals surface area contributed by atoms with Crippen molar-refractivity contribution in [2.75, 3.05) is 31.4 Å². The summed E-state index contributed by atoms with van der Waals surface area (Å²) in [6.45, 7) is 2.81. The lowest BCUT2D eigenvalue weighted by Crippen LogP contribution is -2.41. The van der Waals surface area contributed by atoms with Gasteiger partial charge in [0.2, 0.25) is 9.47 Å². The topological polar surface area (TPSA) is 95.9 Å². The summed E-state index contributed by atoms with van der Waals surface area (Å²) < 4.78 is 16.9. The number of aromatic nitrogens is 2. The number of nitrogens with zero attached hydrogens (tertiary/aromatic N) is 4. The van der Waals surface area contributed by atoms with Gasteiger partial charge >= 0.3 is 6.03 Å². The van der Waals surface area contributed by atoms with Crippen LogP contribution < -0.4 is 4.90 Å². The molecule has 0 saturated carbocycles. The van der Waals surface area contributed by atoms with Crippen molar-refractivity contribution in [3.63, 3.8) is 0 Å². The summed E-state index contributed by atoms with van der Waals surface area (Å²) in [5.41, 5.74) is 0. The van der Waals surface area contributed by atoms with E-state index < -0.39 is 23.1 Å². The molecule has 0 spiro atoms. The SMILES string of the molecule is CCCCN1C(=O)N(c2nnc(S(C)=O)s2)C(O)C1COC. The lowest BCUT2D eigenvalue weighted by atomic mass is 10.2. The highest BCUT2D eigenvalue weighted by molar-refractivity contribution is 7.86. The van der Waals surface area contributed by atoms with Crippen LogP contribution in [0.3, 0.4) is 0 Å². The third-order valence-corrected chi connectivity index (χ3v) is 5.64. The van der Waals surface area contributed by atoms with Crippen LogP contribution in [-0.4, -0.2) is 69.2 Å². The van der Waals surface area contributed by atoms with Gasteiger partial charge in [-0.25, -0.2) is 9.69 Å². The molecule has 10 heteroatoms. The first-order valence-corrected chi connectivity index (χ1v) is 9.32. The maximum atomic E-state index is 12.6. The van der Waals surface area contributed by atoms with E-state index in [-0.39, 0.29) is 17.8 Å². The summed E-state index contributed by atoms with van der Waals surface area (Å²) >= 11 is 1.05. The van der Waals surface area contributed by atoms with Crippen LogP contribution in [0.2, 0.25) is 0 Å². The van der Waals surface area contributed by atoms with Gasteiger partial charge in [0, 0.05) is 19.9 Å². The van der Waals surface area contributed by atoms with Crippen molar-refractivity contribution in [3.05, 3.63) is 0 Å². The third kappa shape index (κ3) is 3.29. The van der Waals surface area contributed by atoms with Crippen LogP contribution in [0.15, 0.2) is 4.34 Å². The molecule has 2 rings (SSSR count). The van der Waals surface area contributed by atoms with Gasteiger partial charge in [0.25, 0.3) is 0 Å². The standard InChI is InChI=1S/C12H20N4O4S2/c1-4-5-6-15-8(7-20-2)9(17)16(12(15)18)10-13-14-11(21-10)22(3)19/h8-9,17H,4-7H2,1-3H3. The summed E-state index contributed by atoms with van der Waals surface area (Å²) in [5.74, 6) is 0. The second kappa shape index (κ2) is 7.44. The Labute approximate surface area is 135 Å². The Bertz CT molecular complexity index is 553. The molecule has 1 fully saturated rings. The molecule has 2 heterocycles. The van der Waals surface area contributed by atoms with Gasteiger partial charge in [-0.2, -0.15) is 0 Å². The predicted octanol–water partition coefficient (Wildman–Crippen LogP) is 0.651. The molecular weight excluding hydrogens is 328 g/mol. The number of carbonyl (C=O) groups is 1.